The quantitative estimate of drug-likeness (QED) is 0.483. The number of morpholine rings is 1. The van der Waals surface area contributed by atoms with E-state index in [0.717, 1.165) is 18.6 Å². The van der Waals surface area contributed by atoms with Gasteiger partial charge in [0.05, 0.1) is 24.4 Å². The van der Waals surface area contributed by atoms with Crippen molar-refractivity contribution in [1.82, 2.24) is 4.90 Å². The summed E-state index contributed by atoms with van der Waals surface area (Å²) in [4.78, 5) is 2.21. The van der Waals surface area contributed by atoms with E-state index < -0.39 is 11.2 Å². The van der Waals surface area contributed by atoms with Crippen molar-refractivity contribution >= 4 is 24.2 Å². The molecule has 2 atom stereocenters. The highest BCUT2D eigenvalue weighted by atomic mass is 35.5. The summed E-state index contributed by atoms with van der Waals surface area (Å²) < 4.78 is 17.9. The van der Waals surface area contributed by atoms with Crippen LogP contribution in [0.15, 0.2) is 30.3 Å². The standard InChI is InChI=1S/C16H23BClNO3/c1-15(2)16(3,12-19-9-10-20-11-14(19)18)22-17(21-15)13-7-5-4-6-8-13/h4-8,14H,9-12H2,1-3H3. The Morgan fingerprint density at radius 2 is 1.95 bits per heavy atom. The van der Waals surface area contributed by atoms with E-state index >= 15 is 0 Å². The second kappa shape index (κ2) is 6.14. The van der Waals surface area contributed by atoms with Gasteiger partial charge in [0.25, 0.3) is 0 Å². The minimum atomic E-state index is -0.433. The first-order valence-corrected chi connectivity index (χ1v) is 8.21. The number of ether oxygens (including phenoxy) is 1. The highest BCUT2D eigenvalue weighted by Crippen LogP contribution is 2.38. The van der Waals surface area contributed by atoms with E-state index in [1.807, 2.05) is 30.3 Å². The van der Waals surface area contributed by atoms with Gasteiger partial charge in [-0.1, -0.05) is 30.3 Å². The third-order valence-corrected chi connectivity index (χ3v) is 5.20. The zero-order chi connectivity index (χ0) is 15.8. The molecule has 2 aliphatic heterocycles. The van der Waals surface area contributed by atoms with E-state index in [2.05, 4.69) is 25.7 Å². The van der Waals surface area contributed by atoms with Gasteiger partial charge in [-0.25, -0.2) is 0 Å². The molecule has 4 nitrogen and oxygen atoms in total. The van der Waals surface area contributed by atoms with E-state index in [-0.39, 0.29) is 12.6 Å². The van der Waals surface area contributed by atoms with Crippen LogP contribution in [0.1, 0.15) is 20.8 Å². The molecule has 6 heteroatoms. The Labute approximate surface area is 137 Å². The van der Waals surface area contributed by atoms with Crippen LogP contribution in [0.25, 0.3) is 0 Å². The topological polar surface area (TPSA) is 30.9 Å². The van der Waals surface area contributed by atoms with Crippen molar-refractivity contribution < 1.29 is 14.0 Å². The average molecular weight is 324 g/mol. The number of hydrogen-bond acceptors (Lipinski definition) is 4. The van der Waals surface area contributed by atoms with Crippen LogP contribution in [0.4, 0.5) is 0 Å². The highest BCUT2D eigenvalue weighted by Gasteiger charge is 2.55. The zero-order valence-corrected chi connectivity index (χ0v) is 14.2. The van der Waals surface area contributed by atoms with Crippen molar-refractivity contribution in [2.75, 3.05) is 26.3 Å². The van der Waals surface area contributed by atoms with Crippen molar-refractivity contribution in [3.63, 3.8) is 0 Å². The Hall–Kier alpha value is -0.585. The summed E-state index contributed by atoms with van der Waals surface area (Å²) in [6.07, 6.45) is 0. The van der Waals surface area contributed by atoms with Crippen LogP contribution in [0.3, 0.4) is 0 Å². The summed E-state index contributed by atoms with van der Waals surface area (Å²) in [5.41, 5.74) is 0.102. The number of halogens is 1. The molecule has 0 saturated carbocycles. The van der Waals surface area contributed by atoms with E-state index in [1.165, 1.54) is 0 Å². The van der Waals surface area contributed by atoms with E-state index in [9.17, 15) is 0 Å². The van der Waals surface area contributed by atoms with Gasteiger partial charge in [0.2, 0.25) is 0 Å². The molecule has 3 rings (SSSR count). The molecular formula is C16H23BClNO3. The molecule has 2 heterocycles. The first-order chi connectivity index (χ1) is 10.4. The molecule has 120 valence electrons. The minimum absolute atomic E-state index is 0.110. The summed E-state index contributed by atoms with van der Waals surface area (Å²) in [6, 6.07) is 10.1. The highest BCUT2D eigenvalue weighted by molar-refractivity contribution is 6.62. The summed E-state index contributed by atoms with van der Waals surface area (Å²) >= 11 is 6.37. The van der Waals surface area contributed by atoms with Gasteiger partial charge in [-0.05, 0) is 26.2 Å². The van der Waals surface area contributed by atoms with Crippen molar-refractivity contribution in [1.29, 1.82) is 0 Å². The monoisotopic (exact) mass is 323 g/mol. The van der Waals surface area contributed by atoms with Gasteiger partial charge < -0.3 is 14.0 Å². The molecule has 2 aliphatic rings. The van der Waals surface area contributed by atoms with Crippen LogP contribution in [0, 0.1) is 0 Å². The van der Waals surface area contributed by atoms with E-state index in [1.54, 1.807) is 0 Å². The Bertz CT molecular complexity index is 515. The maximum atomic E-state index is 6.37. The van der Waals surface area contributed by atoms with Gasteiger partial charge in [-0.15, -0.1) is 11.6 Å². The number of hydrogen-bond donors (Lipinski definition) is 0. The Morgan fingerprint density at radius 1 is 1.23 bits per heavy atom. The smallest absolute Gasteiger partial charge is 0.399 e. The zero-order valence-electron chi connectivity index (χ0n) is 13.4. The van der Waals surface area contributed by atoms with Crippen molar-refractivity contribution in [3.05, 3.63) is 30.3 Å². The molecule has 0 amide bonds. The van der Waals surface area contributed by atoms with Crippen LogP contribution < -0.4 is 5.46 Å². The second-order valence-electron chi connectivity index (χ2n) is 6.70. The molecule has 2 saturated heterocycles. The van der Waals surface area contributed by atoms with Crippen LogP contribution >= 0.6 is 11.6 Å². The predicted octanol–water partition coefficient (Wildman–Crippen LogP) is 1.86. The van der Waals surface area contributed by atoms with Crippen molar-refractivity contribution in [2.24, 2.45) is 0 Å². The lowest BCUT2D eigenvalue weighted by Gasteiger charge is -2.42. The number of rotatable bonds is 3. The van der Waals surface area contributed by atoms with Crippen LogP contribution in [0.5, 0.6) is 0 Å². The maximum Gasteiger partial charge on any atom is 0.494 e. The maximum absolute atomic E-state index is 6.37. The largest absolute Gasteiger partial charge is 0.494 e. The third-order valence-electron chi connectivity index (χ3n) is 4.79. The molecule has 0 spiro atoms. The molecule has 1 aromatic carbocycles. The fraction of sp³-hybridized carbons (Fsp3) is 0.625. The van der Waals surface area contributed by atoms with Gasteiger partial charge >= 0.3 is 7.12 Å². The van der Waals surface area contributed by atoms with E-state index in [4.69, 9.17) is 25.6 Å². The fourth-order valence-corrected chi connectivity index (χ4v) is 3.20. The Kier molecular flexibility index (Phi) is 4.54. The molecule has 1 aromatic rings. The molecule has 2 unspecified atom stereocenters. The third kappa shape index (κ3) is 3.06. The summed E-state index contributed by atoms with van der Waals surface area (Å²) in [5, 5.41) is 0. The van der Waals surface area contributed by atoms with Gasteiger partial charge in [0.15, 0.2) is 0 Å². The number of alkyl halides is 1. The normalized spacial score (nSPS) is 32.4. The van der Waals surface area contributed by atoms with Crippen molar-refractivity contribution in [2.45, 2.75) is 37.5 Å². The molecule has 2 fully saturated rings. The molecule has 22 heavy (non-hydrogen) atoms. The van der Waals surface area contributed by atoms with Gasteiger partial charge in [0.1, 0.15) is 5.50 Å². The van der Waals surface area contributed by atoms with Crippen LogP contribution in [0.2, 0.25) is 0 Å². The van der Waals surface area contributed by atoms with Crippen LogP contribution in [-0.2, 0) is 14.0 Å². The molecular weight excluding hydrogens is 300 g/mol. The lowest BCUT2D eigenvalue weighted by Crippen LogP contribution is -2.56. The summed E-state index contributed by atoms with van der Waals surface area (Å²) in [5.74, 6) is 0. The summed E-state index contributed by atoms with van der Waals surface area (Å²) in [6.45, 7) is 9.08. The van der Waals surface area contributed by atoms with E-state index in [0.29, 0.717) is 13.2 Å². The molecule has 0 bridgehead atoms. The Balaban J connectivity index is 1.77. The molecule has 0 N–H and O–H groups in total. The molecule has 0 radical (unpaired) electrons. The van der Waals surface area contributed by atoms with Crippen molar-refractivity contribution in [3.8, 4) is 0 Å². The average Bonchev–Trinajstić information content (AvgIpc) is 2.73. The first-order valence-electron chi connectivity index (χ1n) is 7.78. The second-order valence-corrected chi connectivity index (χ2v) is 7.20. The van der Waals surface area contributed by atoms with Gasteiger partial charge in [0, 0.05) is 13.1 Å². The SMILES string of the molecule is CC1(C)OB(c2ccccc2)OC1(C)CN1CCOCC1Cl. The van der Waals surface area contributed by atoms with Crippen LogP contribution in [-0.4, -0.2) is 55.0 Å². The fourth-order valence-electron chi connectivity index (χ4n) is 2.94. The Morgan fingerprint density at radius 3 is 2.64 bits per heavy atom. The predicted molar refractivity (Wildman–Crippen MR) is 88.5 cm³/mol. The summed E-state index contributed by atoms with van der Waals surface area (Å²) in [7, 11) is -0.337. The number of benzene rings is 1. The molecule has 0 aromatic heterocycles. The number of nitrogens with zero attached hydrogens (tertiary/aromatic N) is 1. The first kappa shape index (κ1) is 16.3. The van der Waals surface area contributed by atoms with Gasteiger partial charge in [-0.2, -0.15) is 0 Å². The molecule has 0 aliphatic carbocycles. The lowest BCUT2D eigenvalue weighted by molar-refractivity contribution is -0.0611. The lowest BCUT2D eigenvalue weighted by atomic mass is 9.79. The minimum Gasteiger partial charge on any atom is -0.399 e. The van der Waals surface area contributed by atoms with Gasteiger partial charge in [-0.3, -0.25) is 4.90 Å².